The lowest BCUT2D eigenvalue weighted by atomic mass is 9.98. The van der Waals surface area contributed by atoms with Crippen molar-refractivity contribution in [3.63, 3.8) is 0 Å². The third-order valence-electron chi connectivity index (χ3n) is 2.61. The maximum absolute atomic E-state index is 2.64. The van der Waals surface area contributed by atoms with E-state index >= 15 is 0 Å². The molecule has 2 saturated heterocycles. The molecular weight excluding hydrogens is 142 g/mol. The lowest BCUT2D eigenvalue weighted by Crippen LogP contribution is -2.49. The Morgan fingerprint density at radius 3 is 2.90 bits per heavy atom. The molecule has 0 aromatic rings. The monoisotopic (exact) mass is 157 g/mol. The molecule has 0 spiro atoms. The van der Waals surface area contributed by atoms with Crippen LogP contribution in [0, 0.1) is 0 Å². The molecule has 2 aliphatic heterocycles. The molecule has 10 heavy (non-hydrogen) atoms. The van der Waals surface area contributed by atoms with E-state index in [9.17, 15) is 0 Å². The van der Waals surface area contributed by atoms with Crippen LogP contribution in [0.3, 0.4) is 0 Å². The fourth-order valence-corrected chi connectivity index (χ4v) is 2.76. The normalized spacial score (nSPS) is 35.4. The molecule has 0 amide bonds. The SMILES string of the molecule is C1CSCCN2CCC2C1. The minimum atomic E-state index is 0.987. The maximum Gasteiger partial charge on any atom is 0.0108 e. The van der Waals surface area contributed by atoms with E-state index in [2.05, 4.69) is 16.7 Å². The fraction of sp³-hybridized carbons (Fsp3) is 1.00. The molecule has 2 heterocycles. The number of nitrogens with zero attached hydrogens (tertiary/aromatic N) is 1. The van der Waals surface area contributed by atoms with Gasteiger partial charge in [-0.3, -0.25) is 4.90 Å². The van der Waals surface area contributed by atoms with E-state index in [4.69, 9.17) is 0 Å². The zero-order valence-corrected chi connectivity index (χ0v) is 7.20. The van der Waals surface area contributed by atoms with E-state index in [-0.39, 0.29) is 0 Å². The predicted octanol–water partition coefficient (Wildman–Crippen LogP) is 1.59. The molecule has 2 rings (SSSR count). The Hall–Kier alpha value is 0.310. The predicted molar refractivity (Wildman–Crippen MR) is 46.5 cm³/mol. The molecule has 1 nitrogen and oxygen atoms in total. The highest BCUT2D eigenvalue weighted by atomic mass is 32.2. The molecule has 0 aliphatic carbocycles. The number of thioether (sulfide) groups is 1. The first-order valence-corrected chi connectivity index (χ1v) is 5.44. The van der Waals surface area contributed by atoms with Crippen LogP contribution < -0.4 is 0 Å². The van der Waals surface area contributed by atoms with Gasteiger partial charge in [-0.05, 0) is 31.6 Å². The van der Waals surface area contributed by atoms with Crippen molar-refractivity contribution in [2.45, 2.75) is 25.3 Å². The number of rotatable bonds is 0. The van der Waals surface area contributed by atoms with Crippen LogP contribution in [0.4, 0.5) is 0 Å². The summed E-state index contributed by atoms with van der Waals surface area (Å²) in [5.74, 6) is 2.78. The highest BCUT2D eigenvalue weighted by molar-refractivity contribution is 7.99. The molecule has 2 aliphatic rings. The Morgan fingerprint density at radius 2 is 2.10 bits per heavy atom. The molecule has 2 fully saturated rings. The number of fused-ring (bicyclic) bond motifs is 1. The summed E-state index contributed by atoms with van der Waals surface area (Å²) in [6.07, 6.45) is 4.39. The van der Waals surface area contributed by atoms with Crippen molar-refractivity contribution in [3.8, 4) is 0 Å². The van der Waals surface area contributed by atoms with Gasteiger partial charge in [0.2, 0.25) is 0 Å². The Morgan fingerprint density at radius 1 is 1.10 bits per heavy atom. The van der Waals surface area contributed by atoms with Crippen molar-refractivity contribution < 1.29 is 0 Å². The van der Waals surface area contributed by atoms with Gasteiger partial charge in [0.15, 0.2) is 0 Å². The molecule has 0 aromatic carbocycles. The molecule has 0 radical (unpaired) electrons. The summed E-state index contributed by atoms with van der Waals surface area (Å²) in [4.78, 5) is 2.64. The fourth-order valence-electron chi connectivity index (χ4n) is 1.82. The Balaban J connectivity index is 1.83. The quantitative estimate of drug-likeness (QED) is 0.525. The topological polar surface area (TPSA) is 3.24 Å². The van der Waals surface area contributed by atoms with E-state index in [1.165, 1.54) is 43.9 Å². The zero-order valence-electron chi connectivity index (χ0n) is 6.38. The third kappa shape index (κ3) is 1.32. The Labute approximate surface area is 67.2 Å². The first-order valence-electron chi connectivity index (χ1n) is 4.28. The molecular formula is C8H15NS. The van der Waals surface area contributed by atoms with Gasteiger partial charge in [-0.25, -0.2) is 0 Å². The molecule has 0 bridgehead atoms. The van der Waals surface area contributed by atoms with E-state index in [1.807, 2.05) is 0 Å². The van der Waals surface area contributed by atoms with Gasteiger partial charge in [0.05, 0.1) is 0 Å². The Bertz CT molecular complexity index is 102. The van der Waals surface area contributed by atoms with Crippen LogP contribution >= 0.6 is 11.8 Å². The summed E-state index contributed by atoms with van der Waals surface area (Å²) in [6.45, 7) is 2.74. The summed E-state index contributed by atoms with van der Waals surface area (Å²) in [6, 6.07) is 0.987. The minimum absolute atomic E-state index is 0.987. The van der Waals surface area contributed by atoms with Crippen LogP contribution in [0.25, 0.3) is 0 Å². The lowest BCUT2D eigenvalue weighted by molar-refractivity contribution is 0.0906. The van der Waals surface area contributed by atoms with E-state index in [0.29, 0.717) is 0 Å². The molecule has 1 unspecified atom stereocenters. The second kappa shape index (κ2) is 3.14. The van der Waals surface area contributed by atoms with Gasteiger partial charge in [-0.15, -0.1) is 0 Å². The van der Waals surface area contributed by atoms with Gasteiger partial charge < -0.3 is 0 Å². The van der Waals surface area contributed by atoms with Crippen molar-refractivity contribution in [3.05, 3.63) is 0 Å². The second-order valence-electron chi connectivity index (χ2n) is 3.23. The first-order chi connectivity index (χ1) is 4.97. The Kier molecular flexibility index (Phi) is 2.19. The van der Waals surface area contributed by atoms with Gasteiger partial charge in [0.25, 0.3) is 0 Å². The number of hydrogen-bond donors (Lipinski definition) is 0. The van der Waals surface area contributed by atoms with Gasteiger partial charge in [-0.2, -0.15) is 11.8 Å². The summed E-state index contributed by atoms with van der Waals surface area (Å²) in [5, 5.41) is 0. The number of hydrogen-bond acceptors (Lipinski definition) is 2. The largest absolute Gasteiger partial charge is 0.299 e. The van der Waals surface area contributed by atoms with Gasteiger partial charge >= 0.3 is 0 Å². The van der Waals surface area contributed by atoms with Gasteiger partial charge in [-0.1, -0.05) is 0 Å². The molecule has 58 valence electrons. The van der Waals surface area contributed by atoms with E-state index < -0.39 is 0 Å². The minimum Gasteiger partial charge on any atom is -0.299 e. The van der Waals surface area contributed by atoms with Gasteiger partial charge in [0, 0.05) is 18.3 Å². The van der Waals surface area contributed by atoms with Crippen LogP contribution in [-0.2, 0) is 0 Å². The van der Waals surface area contributed by atoms with Crippen molar-refractivity contribution >= 4 is 11.8 Å². The van der Waals surface area contributed by atoms with Crippen molar-refractivity contribution in [1.82, 2.24) is 4.90 Å². The second-order valence-corrected chi connectivity index (χ2v) is 4.46. The van der Waals surface area contributed by atoms with E-state index in [1.54, 1.807) is 0 Å². The van der Waals surface area contributed by atoms with Crippen molar-refractivity contribution in [2.75, 3.05) is 24.6 Å². The van der Waals surface area contributed by atoms with Crippen LogP contribution in [0.1, 0.15) is 19.3 Å². The molecule has 0 saturated carbocycles. The molecule has 1 atom stereocenters. The van der Waals surface area contributed by atoms with Crippen LogP contribution in [0.2, 0.25) is 0 Å². The van der Waals surface area contributed by atoms with Crippen molar-refractivity contribution in [1.29, 1.82) is 0 Å². The molecule has 2 heteroatoms. The summed E-state index contributed by atoms with van der Waals surface area (Å²) < 4.78 is 0. The standard InChI is InChI=1S/C8H15NS/c1-2-8-3-4-9(8)5-7-10-6-1/h8H,1-7H2. The highest BCUT2D eigenvalue weighted by Crippen LogP contribution is 2.25. The van der Waals surface area contributed by atoms with Crippen LogP contribution in [0.15, 0.2) is 0 Å². The molecule has 0 N–H and O–H groups in total. The zero-order chi connectivity index (χ0) is 6.81. The van der Waals surface area contributed by atoms with Crippen LogP contribution in [-0.4, -0.2) is 35.5 Å². The smallest absolute Gasteiger partial charge is 0.0108 e. The van der Waals surface area contributed by atoms with Gasteiger partial charge in [0.1, 0.15) is 0 Å². The first kappa shape index (κ1) is 6.99. The van der Waals surface area contributed by atoms with E-state index in [0.717, 1.165) is 6.04 Å². The third-order valence-corrected chi connectivity index (χ3v) is 3.66. The van der Waals surface area contributed by atoms with Crippen LogP contribution in [0.5, 0.6) is 0 Å². The molecule has 0 aromatic heterocycles. The highest BCUT2D eigenvalue weighted by Gasteiger charge is 2.27. The van der Waals surface area contributed by atoms with Crippen molar-refractivity contribution in [2.24, 2.45) is 0 Å². The summed E-state index contributed by atoms with van der Waals surface area (Å²) in [7, 11) is 0. The average molecular weight is 157 g/mol. The summed E-state index contributed by atoms with van der Waals surface area (Å²) >= 11 is 2.13. The average Bonchev–Trinajstić information content (AvgIpc) is 1.89. The lowest BCUT2D eigenvalue weighted by Gasteiger charge is -2.42. The maximum atomic E-state index is 2.64. The summed E-state index contributed by atoms with van der Waals surface area (Å²) in [5.41, 5.74) is 0.